The van der Waals surface area contributed by atoms with E-state index in [1.54, 1.807) is 4.90 Å². The highest BCUT2D eigenvalue weighted by molar-refractivity contribution is 9.11. The molecule has 5 rings (SSSR count). The van der Waals surface area contributed by atoms with Crippen LogP contribution < -0.4 is 9.64 Å². The lowest BCUT2D eigenvalue weighted by atomic mass is 9.99. The minimum absolute atomic E-state index is 0.000783. The summed E-state index contributed by atoms with van der Waals surface area (Å²) in [5.74, 6) is 0.742. The van der Waals surface area contributed by atoms with Gasteiger partial charge < -0.3 is 4.74 Å². The molecular formula is C33H29BrF3N5O2S2. The van der Waals surface area contributed by atoms with Gasteiger partial charge in [0.25, 0.3) is 0 Å². The Morgan fingerprint density at radius 3 is 2.50 bits per heavy atom. The maximum Gasteiger partial charge on any atom is 0.573 e. The van der Waals surface area contributed by atoms with Crippen LogP contribution in [0.4, 0.5) is 18.9 Å². The molecule has 0 aliphatic carbocycles. The SMILES string of the molecule is Cc1ccc(C(C)C)c(N2C(=O)CSC2=NC(=S)CC/C(Br)=C\c2ccc(-c3ncn(-c4ccc(OC(F)(F)F)cc4)n3)cc2)c1. The van der Waals surface area contributed by atoms with Gasteiger partial charge in [0.1, 0.15) is 17.1 Å². The number of alkyl halides is 3. The normalized spacial score (nSPS) is 14.9. The molecule has 0 spiro atoms. The first-order chi connectivity index (χ1) is 21.9. The number of thioether (sulfide) groups is 1. The number of aromatic nitrogens is 3. The Morgan fingerprint density at radius 1 is 1.11 bits per heavy atom. The third-order valence-corrected chi connectivity index (χ3v) is 8.78. The summed E-state index contributed by atoms with van der Waals surface area (Å²) in [4.78, 5) is 24.1. The molecule has 1 amide bonds. The van der Waals surface area contributed by atoms with Crippen LogP contribution in [0.2, 0.25) is 0 Å². The molecule has 1 saturated heterocycles. The maximum absolute atomic E-state index is 12.9. The van der Waals surface area contributed by atoms with Crippen LogP contribution in [0.3, 0.4) is 0 Å². The van der Waals surface area contributed by atoms with Gasteiger partial charge in [0.2, 0.25) is 5.91 Å². The van der Waals surface area contributed by atoms with Gasteiger partial charge in [-0.3, -0.25) is 9.69 Å². The molecule has 0 unspecified atom stereocenters. The molecular weight excluding hydrogens is 699 g/mol. The molecule has 2 heterocycles. The summed E-state index contributed by atoms with van der Waals surface area (Å²) in [5.41, 5.74) is 5.31. The predicted octanol–water partition coefficient (Wildman–Crippen LogP) is 9.24. The van der Waals surface area contributed by atoms with Crippen molar-refractivity contribution in [1.29, 1.82) is 0 Å². The molecule has 0 saturated carbocycles. The number of hydrogen-bond acceptors (Lipinski definition) is 6. The van der Waals surface area contributed by atoms with Gasteiger partial charge >= 0.3 is 6.36 Å². The van der Waals surface area contributed by atoms with Crippen LogP contribution in [0, 0.1) is 6.92 Å². The van der Waals surface area contributed by atoms with Gasteiger partial charge in [0.15, 0.2) is 11.0 Å². The summed E-state index contributed by atoms with van der Waals surface area (Å²) < 4.78 is 43.6. The van der Waals surface area contributed by atoms with E-state index in [1.807, 2.05) is 43.3 Å². The summed E-state index contributed by atoms with van der Waals surface area (Å²) in [6.45, 7) is 6.23. The number of anilines is 1. The van der Waals surface area contributed by atoms with Crippen molar-refractivity contribution in [3.8, 4) is 22.8 Å². The summed E-state index contributed by atoms with van der Waals surface area (Å²) >= 11 is 10.7. The number of aliphatic imine (C=N–C) groups is 1. The van der Waals surface area contributed by atoms with Gasteiger partial charge in [-0.15, -0.1) is 18.3 Å². The number of allylic oxidation sites excluding steroid dienone is 1. The molecule has 0 atom stereocenters. The Labute approximate surface area is 282 Å². The van der Waals surface area contributed by atoms with E-state index in [0.29, 0.717) is 40.3 Å². The van der Waals surface area contributed by atoms with Crippen molar-refractivity contribution in [1.82, 2.24) is 14.8 Å². The number of halogens is 4. The number of nitrogens with zero attached hydrogens (tertiary/aromatic N) is 5. The van der Waals surface area contributed by atoms with Crippen molar-refractivity contribution in [3.63, 3.8) is 0 Å². The molecule has 238 valence electrons. The second-order valence-electron chi connectivity index (χ2n) is 10.8. The van der Waals surface area contributed by atoms with E-state index in [2.05, 4.69) is 61.7 Å². The number of rotatable bonds is 9. The summed E-state index contributed by atoms with van der Waals surface area (Å²) in [6, 6.07) is 19.2. The zero-order chi connectivity index (χ0) is 33.0. The highest BCUT2D eigenvalue weighted by atomic mass is 79.9. The van der Waals surface area contributed by atoms with Crippen LogP contribution in [0.15, 0.2) is 82.5 Å². The lowest BCUT2D eigenvalue weighted by Crippen LogP contribution is -2.31. The molecule has 1 aliphatic heterocycles. The van der Waals surface area contributed by atoms with Crippen LogP contribution >= 0.6 is 39.9 Å². The Kier molecular flexibility index (Phi) is 10.4. The van der Waals surface area contributed by atoms with Crippen LogP contribution in [-0.2, 0) is 4.79 Å². The Balaban J connectivity index is 1.20. The van der Waals surface area contributed by atoms with E-state index in [0.717, 1.165) is 32.4 Å². The number of amidine groups is 1. The zero-order valence-corrected chi connectivity index (χ0v) is 28.3. The van der Waals surface area contributed by atoms with Crippen molar-refractivity contribution in [2.45, 2.75) is 45.9 Å². The molecule has 4 aromatic rings. The standard InChI is InChI=1S/C33H29BrF3N5O2S2/c1-20(2)27-14-4-21(3)16-28(27)42-30(43)18-46-32(42)39-29(45)15-9-24(34)17-22-5-7-23(8-6-22)31-38-19-41(40-31)25-10-12-26(13-11-25)44-33(35,36)37/h4-8,10-14,16-17,19-20H,9,15,18H2,1-3H3/b24-17+,39-32?. The number of hydrogen-bond donors (Lipinski definition) is 0. The van der Waals surface area contributed by atoms with E-state index < -0.39 is 6.36 Å². The van der Waals surface area contributed by atoms with Gasteiger partial charge in [0, 0.05) is 12.0 Å². The minimum atomic E-state index is -4.75. The Hall–Kier alpha value is -3.81. The van der Waals surface area contributed by atoms with Gasteiger partial charge in [0.05, 0.1) is 17.1 Å². The van der Waals surface area contributed by atoms with E-state index in [9.17, 15) is 18.0 Å². The largest absolute Gasteiger partial charge is 0.573 e. The average Bonchev–Trinajstić information content (AvgIpc) is 3.63. The van der Waals surface area contributed by atoms with E-state index in [4.69, 9.17) is 12.2 Å². The number of ether oxygens (including phenoxy) is 1. The van der Waals surface area contributed by atoms with Crippen molar-refractivity contribution in [3.05, 3.63) is 94.2 Å². The first kappa shape index (κ1) is 33.6. The topological polar surface area (TPSA) is 72.6 Å². The summed E-state index contributed by atoms with van der Waals surface area (Å²) in [6.07, 6.45) is -0.0876. The van der Waals surface area contributed by atoms with Crippen molar-refractivity contribution in [2.75, 3.05) is 10.7 Å². The number of benzene rings is 3. The third kappa shape index (κ3) is 8.51. The second-order valence-corrected chi connectivity index (χ2v) is 13.2. The Morgan fingerprint density at radius 2 is 1.83 bits per heavy atom. The number of carbonyl (C=O) groups excluding carboxylic acids is 1. The lowest BCUT2D eigenvalue weighted by molar-refractivity contribution is -0.274. The summed E-state index contributed by atoms with van der Waals surface area (Å²) in [7, 11) is 0. The average molecular weight is 729 g/mol. The van der Waals surface area contributed by atoms with Gasteiger partial charge in [-0.1, -0.05) is 90.2 Å². The molecule has 0 N–H and O–H groups in total. The highest BCUT2D eigenvalue weighted by Crippen LogP contribution is 2.34. The van der Waals surface area contributed by atoms with Crippen LogP contribution in [0.1, 0.15) is 49.3 Å². The molecule has 0 radical (unpaired) electrons. The molecule has 7 nitrogen and oxygen atoms in total. The smallest absolute Gasteiger partial charge is 0.406 e. The molecule has 3 aromatic carbocycles. The van der Waals surface area contributed by atoms with E-state index in [-0.39, 0.29) is 17.6 Å². The van der Waals surface area contributed by atoms with Crippen molar-refractivity contribution >= 4 is 67.7 Å². The number of thiocarbonyl (C=S) groups is 1. The minimum Gasteiger partial charge on any atom is -0.406 e. The fourth-order valence-corrected chi connectivity index (χ4v) is 6.30. The van der Waals surface area contributed by atoms with E-state index >= 15 is 0 Å². The van der Waals surface area contributed by atoms with Gasteiger partial charge in [-0.2, -0.15) is 0 Å². The molecule has 0 bridgehead atoms. The molecule has 1 fully saturated rings. The fourth-order valence-electron chi connectivity index (χ4n) is 4.71. The first-order valence-electron chi connectivity index (χ1n) is 14.3. The van der Waals surface area contributed by atoms with Crippen molar-refractivity contribution < 1.29 is 22.7 Å². The predicted molar refractivity (Wildman–Crippen MR) is 185 cm³/mol. The summed E-state index contributed by atoms with van der Waals surface area (Å²) in [5, 5.41) is 5.06. The lowest BCUT2D eigenvalue weighted by Gasteiger charge is -2.22. The van der Waals surface area contributed by atoms with E-state index in [1.165, 1.54) is 47.0 Å². The number of aryl methyl sites for hydroxylation is 1. The molecule has 46 heavy (non-hydrogen) atoms. The number of amides is 1. The van der Waals surface area contributed by atoms with Crippen LogP contribution in [0.5, 0.6) is 5.75 Å². The first-order valence-corrected chi connectivity index (χ1v) is 16.5. The second kappa shape index (κ2) is 14.3. The van der Waals surface area contributed by atoms with Crippen LogP contribution in [-0.4, -0.2) is 42.9 Å². The monoisotopic (exact) mass is 727 g/mol. The van der Waals surface area contributed by atoms with Gasteiger partial charge in [-0.05, 0) is 76.8 Å². The zero-order valence-electron chi connectivity index (χ0n) is 25.1. The Bertz CT molecular complexity index is 1800. The quantitative estimate of drug-likeness (QED) is 0.160. The third-order valence-electron chi connectivity index (χ3n) is 6.93. The molecule has 1 aromatic heterocycles. The molecule has 13 heteroatoms. The van der Waals surface area contributed by atoms with Gasteiger partial charge in [-0.25, -0.2) is 14.7 Å². The van der Waals surface area contributed by atoms with Crippen LogP contribution in [0.25, 0.3) is 23.2 Å². The highest BCUT2D eigenvalue weighted by Gasteiger charge is 2.32. The fraction of sp³-hybridized carbons (Fsp3) is 0.242. The van der Waals surface area contributed by atoms with Crippen molar-refractivity contribution in [2.24, 2.45) is 4.99 Å². The number of carbonyl (C=O) groups is 1. The maximum atomic E-state index is 12.9. The molecule has 1 aliphatic rings.